The van der Waals surface area contributed by atoms with Crippen molar-refractivity contribution in [1.29, 1.82) is 0 Å². The summed E-state index contributed by atoms with van der Waals surface area (Å²) >= 11 is 0. The predicted octanol–water partition coefficient (Wildman–Crippen LogP) is 24.4. The lowest BCUT2D eigenvalue weighted by Crippen LogP contribution is -2.37. The number of hydrogen-bond donors (Lipinski definition) is 0. The number of phosphoric ester groups is 1. The predicted molar refractivity (Wildman–Crippen MR) is 406 cm³/mol. The third-order valence-corrected chi connectivity index (χ3v) is 16.4. The minimum atomic E-state index is -4.66. The summed E-state index contributed by atoms with van der Waals surface area (Å²) in [5, 5.41) is 0. The van der Waals surface area contributed by atoms with Gasteiger partial charge in [-0.25, -0.2) is 0 Å². The molecule has 0 aromatic carbocycles. The summed E-state index contributed by atoms with van der Waals surface area (Å²) in [6.07, 6.45) is 111. The Labute approximate surface area is 578 Å². The molecule has 0 fully saturated rings. The quantitative estimate of drug-likeness (QED) is 0.0195. The van der Waals surface area contributed by atoms with Gasteiger partial charge in [-0.1, -0.05) is 318 Å². The zero-order valence-corrected chi connectivity index (χ0v) is 61.5. The second-order valence-corrected chi connectivity index (χ2v) is 27.0. The largest absolute Gasteiger partial charge is 0.756 e. The van der Waals surface area contributed by atoms with Crippen LogP contribution < -0.4 is 4.89 Å². The summed E-state index contributed by atoms with van der Waals surface area (Å²) in [6, 6.07) is 0. The topological polar surface area (TPSA) is 111 Å². The van der Waals surface area contributed by atoms with Gasteiger partial charge in [0.15, 0.2) is 6.10 Å². The van der Waals surface area contributed by atoms with Crippen LogP contribution in [0.25, 0.3) is 0 Å². The van der Waals surface area contributed by atoms with Crippen LogP contribution in [-0.2, 0) is 32.7 Å². The molecule has 532 valence electrons. The number of quaternary nitrogens is 1. The molecule has 9 nitrogen and oxygen atoms in total. The molecule has 0 aliphatic carbocycles. The van der Waals surface area contributed by atoms with Crippen molar-refractivity contribution < 1.29 is 42.1 Å². The van der Waals surface area contributed by atoms with Crippen molar-refractivity contribution >= 4 is 19.8 Å². The molecule has 0 N–H and O–H groups in total. The average molecular weight is 1320 g/mol. The SMILES string of the molecule is CC/C=C\C/C=C\C/C=C\C/C=C\C/C=C\C/C=C\C/C=C\C/C=C\CCCCCCCCCCC(=O)OC(COC(=O)CCCCCCCCCCCCCCCCC/C=C\C/C=C\C/C=C\C/C=C\C/C=C\C/C=C\C/C=C\CC)COP(=O)([O-])OCC[N+](C)(C)C. The fourth-order valence-corrected chi connectivity index (χ4v) is 10.5. The van der Waals surface area contributed by atoms with Crippen molar-refractivity contribution in [3.63, 3.8) is 0 Å². The van der Waals surface area contributed by atoms with E-state index in [4.69, 9.17) is 18.5 Å². The Kier molecular flexibility index (Phi) is 68.6. The van der Waals surface area contributed by atoms with Crippen LogP contribution in [0.1, 0.15) is 284 Å². The molecule has 10 heteroatoms. The number of carbonyl (C=O) groups excluding carboxylic acids is 2. The first-order valence-electron chi connectivity index (χ1n) is 37.5. The van der Waals surface area contributed by atoms with Crippen molar-refractivity contribution in [3.05, 3.63) is 182 Å². The number of hydrogen-bond acceptors (Lipinski definition) is 8. The van der Waals surface area contributed by atoms with E-state index in [0.717, 1.165) is 141 Å². The van der Waals surface area contributed by atoms with Gasteiger partial charge in [0.2, 0.25) is 0 Å². The van der Waals surface area contributed by atoms with E-state index in [-0.39, 0.29) is 32.0 Å². The van der Waals surface area contributed by atoms with Crippen molar-refractivity contribution in [2.75, 3.05) is 47.5 Å². The monoisotopic (exact) mass is 1320 g/mol. The van der Waals surface area contributed by atoms with E-state index in [1.807, 2.05) is 21.1 Å². The van der Waals surface area contributed by atoms with Crippen LogP contribution in [0.15, 0.2) is 182 Å². The maximum atomic E-state index is 12.9. The molecule has 2 atom stereocenters. The third-order valence-electron chi connectivity index (χ3n) is 15.4. The Balaban J connectivity index is 4.09. The van der Waals surface area contributed by atoms with E-state index < -0.39 is 26.5 Å². The highest BCUT2D eigenvalue weighted by Gasteiger charge is 2.22. The fourth-order valence-electron chi connectivity index (χ4n) is 9.77. The molecular weight excluding hydrogens is 1180 g/mol. The standard InChI is InChI=1S/C84H138NO8P/c1-6-8-10-12-14-16-18-20-22-24-26-28-30-32-34-36-38-40-41-42-43-45-46-48-50-52-54-56-58-60-62-64-66-68-70-72-74-76-83(86)90-80-82(81-92-94(88,89)91-79-78-85(3,4)5)93-84(87)77-75-73-71-69-67-65-63-61-59-57-55-53-51-49-47-44-39-37-35-33-31-29-27-25-23-21-19-17-15-13-11-9-7-2/h8-11,14-17,20-23,26-29,32-35,38-40,42-44,49,51,55,57,82H,6-7,12-13,18-19,24-25,30-31,36-37,41,45-48,50,52-54,56,58-81H2,1-5H3/b10-8-,11-9-,16-14-,17-15-,22-20-,23-21-,28-26-,29-27-,34-32-,35-33-,40-38-,43-42-,44-39-,51-49-,57-55-. The van der Waals surface area contributed by atoms with Crippen LogP contribution in [0.5, 0.6) is 0 Å². The molecule has 0 heterocycles. The van der Waals surface area contributed by atoms with Crippen LogP contribution in [-0.4, -0.2) is 70.0 Å². The maximum absolute atomic E-state index is 12.9. The van der Waals surface area contributed by atoms with Gasteiger partial charge in [-0.3, -0.25) is 14.2 Å². The van der Waals surface area contributed by atoms with E-state index in [1.165, 1.54) is 109 Å². The normalized spacial score (nSPS) is 14.1. The van der Waals surface area contributed by atoms with Gasteiger partial charge in [0, 0.05) is 12.8 Å². The Bertz CT molecular complexity index is 2240. The van der Waals surface area contributed by atoms with Gasteiger partial charge >= 0.3 is 11.9 Å². The highest BCUT2D eigenvalue weighted by Crippen LogP contribution is 2.38. The van der Waals surface area contributed by atoms with Crippen molar-refractivity contribution in [2.45, 2.75) is 290 Å². The van der Waals surface area contributed by atoms with E-state index >= 15 is 0 Å². The number of likely N-dealkylation sites (N-methyl/N-ethyl adjacent to an activating group) is 1. The third kappa shape index (κ3) is 76.1. The van der Waals surface area contributed by atoms with Crippen molar-refractivity contribution in [3.8, 4) is 0 Å². The summed E-state index contributed by atoms with van der Waals surface area (Å²) in [6.45, 7) is 4.00. The van der Waals surface area contributed by atoms with E-state index in [0.29, 0.717) is 17.4 Å². The minimum absolute atomic E-state index is 0.0409. The first-order valence-corrected chi connectivity index (χ1v) is 39.0. The fraction of sp³-hybridized carbons (Fsp3) is 0.619. The Morgan fingerprint density at radius 2 is 0.574 bits per heavy atom. The summed E-state index contributed by atoms with van der Waals surface area (Å²) in [4.78, 5) is 38.1. The molecular formula is C84H138NO8P. The van der Waals surface area contributed by atoms with Crippen LogP contribution in [0.3, 0.4) is 0 Å². The first kappa shape index (κ1) is 89.1. The summed E-state index contributed by atoms with van der Waals surface area (Å²) in [5.41, 5.74) is 0. The number of rotatable bonds is 67. The van der Waals surface area contributed by atoms with Gasteiger partial charge in [-0.15, -0.1) is 0 Å². The van der Waals surface area contributed by atoms with Crippen molar-refractivity contribution in [1.82, 2.24) is 0 Å². The molecule has 0 aromatic heterocycles. The number of allylic oxidation sites excluding steroid dienone is 30. The zero-order valence-electron chi connectivity index (χ0n) is 60.6. The molecule has 0 radical (unpaired) electrons. The number of carbonyl (C=O) groups is 2. The molecule has 94 heavy (non-hydrogen) atoms. The van der Waals surface area contributed by atoms with Gasteiger partial charge in [-0.2, -0.15) is 0 Å². The Morgan fingerprint density at radius 1 is 0.330 bits per heavy atom. The molecule has 0 saturated heterocycles. The Hall–Kier alpha value is -4.89. The van der Waals surface area contributed by atoms with Crippen LogP contribution in [0.2, 0.25) is 0 Å². The van der Waals surface area contributed by atoms with E-state index in [1.54, 1.807) is 0 Å². The summed E-state index contributed by atoms with van der Waals surface area (Å²) < 4.78 is 34.4. The second kappa shape index (κ2) is 72.4. The van der Waals surface area contributed by atoms with Gasteiger partial charge in [0.05, 0.1) is 27.7 Å². The molecule has 0 rings (SSSR count). The lowest BCUT2D eigenvalue weighted by atomic mass is 10.0. The van der Waals surface area contributed by atoms with Crippen molar-refractivity contribution in [2.24, 2.45) is 0 Å². The molecule has 2 unspecified atom stereocenters. The second-order valence-electron chi connectivity index (χ2n) is 25.5. The Morgan fingerprint density at radius 3 is 0.851 bits per heavy atom. The molecule has 0 aliphatic rings. The lowest BCUT2D eigenvalue weighted by molar-refractivity contribution is -0.870. The molecule has 0 aliphatic heterocycles. The molecule has 0 amide bonds. The van der Waals surface area contributed by atoms with Gasteiger partial charge in [-0.05, 0) is 135 Å². The number of unbranched alkanes of at least 4 members (excludes halogenated alkanes) is 23. The average Bonchev–Trinajstić information content (AvgIpc) is 1.56. The number of nitrogens with zero attached hydrogens (tertiary/aromatic N) is 1. The van der Waals surface area contributed by atoms with Gasteiger partial charge < -0.3 is 27.9 Å². The highest BCUT2D eigenvalue weighted by molar-refractivity contribution is 7.45. The summed E-state index contributed by atoms with van der Waals surface area (Å²) in [7, 11) is 1.14. The number of esters is 2. The maximum Gasteiger partial charge on any atom is 0.306 e. The number of phosphoric acid groups is 1. The van der Waals surface area contributed by atoms with E-state index in [2.05, 4.69) is 196 Å². The molecule has 0 spiro atoms. The number of ether oxygens (including phenoxy) is 2. The zero-order chi connectivity index (χ0) is 68.3. The van der Waals surface area contributed by atoms with Crippen LogP contribution in [0, 0.1) is 0 Å². The van der Waals surface area contributed by atoms with Crippen LogP contribution >= 0.6 is 7.82 Å². The van der Waals surface area contributed by atoms with Gasteiger partial charge in [0.25, 0.3) is 7.82 Å². The van der Waals surface area contributed by atoms with E-state index in [9.17, 15) is 19.0 Å². The lowest BCUT2D eigenvalue weighted by Gasteiger charge is -2.28. The first-order chi connectivity index (χ1) is 46.0. The molecule has 0 bridgehead atoms. The highest BCUT2D eigenvalue weighted by atomic mass is 31.2. The molecule has 0 aromatic rings. The minimum Gasteiger partial charge on any atom is -0.756 e. The smallest absolute Gasteiger partial charge is 0.306 e. The van der Waals surface area contributed by atoms with Gasteiger partial charge in [0.1, 0.15) is 19.8 Å². The molecule has 0 saturated carbocycles. The summed E-state index contributed by atoms with van der Waals surface area (Å²) in [5.74, 6) is -0.849. The van der Waals surface area contributed by atoms with Crippen LogP contribution in [0.4, 0.5) is 0 Å².